The van der Waals surface area contributed by atoms with Crippen molar-refractivity contribution in [3.05, 3.63) is 59.3 Å². The van der Waals surface area contributed by atoms with Crippen LogP contribution in [0.1, 0.15) is 21.5 Å². The Kier molecular flexibility index (Phi) is 5.11. The summed E-state index contributed by atoms with van der Waals surface area (Å²) in [5, 5.41) is 2.96. The molecule has 0 saturated carbocycles. The van der Waals surface area contributed by atoms with Gasteiger partial charge in [-0.05, 0) is 37.2 Å². The van der Waals surface area contributed by atoms with Gasteiger partial charge in [0.2, 0.25) is 0 Å². The van der Waals surface area contributed by atoms with E-state index in [2.05, 4.69) is 27.1 Å². The van der Waals surface area contributed by atoms with Crippen molar-refractivity contribution in [2.75, 3.05) is 38.1 Å². The first-order chi connectivity index (χ1) is 11.6. The largest absolute Gasteiger partial charge is 0.354 e. The minimum atomic E-state index is -0.0451. The summed E-state index contributed by atoms with van der Waals surface area (Å²) in [6.45, 7) is 6.58. The molecule has 2 heterocycles. The number of hydrogen-bond acceptors (Lipinski definition) is 4. The molecule has 1 aromatic heterocycles. The molecule has 1 N–H and O–H groups in total. The minimum absolute atomic E-state index is 0.0451. The average molecular weight is 324 g/mol. The lowest BCUT2D eigenvalue weighted by Crippen LogP contribution is -2.44. The predicted molar refractivity (Wildman–Crippen MR) is 96.3 cm³/mol. The molecule has 0 spiro atoms. The number of piperazine rings is 1. The number of amides is 1. The molecule has 5 nitrogen and oxygen atoms in total. The molecule has 1 aromatic carbocycles. The molecule has 126 valence electrons. The number of rotatable bonds is 4. The van der Waals surface area contributed by atoms with E-state index in [9.17, 15) is 4.79 Å². The Balaban J connectivity index is 1.57. The SMILES string of the molecule is Cc1ccccc1C(=O)NCc1ccc(N2CCN(C)CC2)nc1. The van der Waals surface area contributed by atoms with Gasteiger partial charge >= 0.3 is 0 Å². The molecule has 0 unspecified atom stereocenters. The summed E-state index contributed by atoms with van der Waals surface area (Å²) in [7, 11) is 2.14. The maximum absolute atomic E-state index is 12.2. The van der Waals surface area contributed by atoms with Crippen molar-refractivity contribution in [2.24, 2.45) is 0 Å². The van der Waals surface area contributed by atoms with Crippen LogP contribution in [0.4, 0.5) is 5.82 Å². The highest BCUT2D eigenvalue weighted by molar-refractivity contribution is 5.95. The summed E-state index contributed by atoms with van der Waals surface area (Å²) in [6, 6.07) is 11.7. The second-order valence-electron chi connectivity index (χ2n) is 6.31. The quantitative estimate of drug-likeness (QED) is 0.935. The Bertz CT molecular complexity index is 691. The predicted octanol–water partition coefficient (Wildman–Crippen LogP) is 2.07. The maximum Gasteiger partial charge on any atom is 0.251 e. The monoisotopic (exact) mass is 324 g/mol. The van der Waals surface area contributed by atoms with Crippen LogP contribution in [0.3, 0.4) is 0 Å². The molecule has 5 heteroatoms. The zero-order valence-electron chi connectivity index (χ0n) is 14.3. The number of benzene rings is 1. The molecule has 0 bridgehead atoms. The highest BCUT2D eigenvalue weighted by atomic mass is 16.1. The van der Waals surface area contributed by atoms with E-state index in [-0.39, 0.29) is 5.91 Å². The highest BCUT2D eigenvalue weighted by Gasteiger charge is 2.15. The fraction of sp³-hybridized carbons (Fsp3) is 0.368. The molecule has 0 atom stereocenters. The van der Waals surface area contributed by atoms with Crippen LogP contribution in [0, 0.1) is 6.92 Å². The summed E-state index contributed by atoms with van der Waals surface area (Å²) in [5.74, 6) is 0.966. The molecular weight excluding hydrogens is 300 g/mol. The summed E-state index contributed by atoms with van der Waals surface area (Å²) in [5.41, 5.74) is 2.72. The average Bonchev–Trinajstić information content (AvgIpc) is 2.61. The lowest BCUT2D eigenvalue weighted by atomic mass is 10.1. The number of aromatic nitrogens is 1. The van der Waals surface area contributed by atoms with Crippen LogP contribution in [0.15, 0.2) is 42.6 Å². The molecule has 0 aliphatic carbocycles. The second-order valence-corrected chi connectivity index (χ2v) is 6.31. The number of hydrogen-bond donors (Lipinski definition) is 1. The van der Waals surface area contributed by atoms with Crippen LogP contribution in [0.25, 0.3) is 0 Å². The molecule has 1 aliphatic heterocycles. The number of likely N-dealkylation sites (N-methyl/N-ethyl adjacent to an activating group) is 1. The van der Waals surface area contributed by atoms with Crippen molar-refractivity contribution in [1.82, 2.24) is 15.2 Å². The van der Waals surface area contributed by atoms with E-state index in [1.807, 2.05) is 49.5 Å². The summed E-state index contributed by atoms with van der Waals surface area (Å²) in [6.07, 6.45) is 1.85. The Hall–Kier alpha value is -2.40. The number of nitrogens with one attached hydrogen (secondary N) is 1. The Morgan fingerprint density at radius 2 is 1.88 bits per heavy atom. The van der Waals surface area contributed by atoms with E-state index in [0.717, 1.165) is 48.7 Å². The van der Waals surface area contributed by atoms with Gasteiger partial charge in [0.15, 0.2) is 0 Å². The van der Waals surface area contributed by atoms with Gasteiger partial charge in [-0.2, -0.15) is 0 Å². The number of aryl methyl sites for hydroxylation is 1. The van der Waals surface area contributed by atoms with E-state index < -0.39 is 0 Å². The zero-order valence-corrected chi connectivity index (χ0v) is 14.3. The van der Waals surface area contributed by atoms with Crippen LogP contribution in [0.2, 0.25) is 0 Å². The lowest BCUT2D eigenvalue weighted by molar-refractivity contribution is 0.0950. The molecule has 1 saturated heterocycles. The summed E-state index contributed by atoms with van der Waals surface area (Å²) in [4.78, 5) is 21.4. The van der Waals surface area contributed by atoms with Crippen molar-refractivity contribution in [3.63, 3.8) is 0 Å². The van der Waals surface area contributed by atoms with Gasteiger partial charge in [0.25, 0.3) is 5.91 Å². The fourth-order valence-electron chi connectivity index (χ4n) is 2.85. The molecule has 3 rings (SSSR count). The molecule has 1 fully saturated rings. The van der Waals surface area contributed by atoms with Crippen LogP contribution in [-0.4, -0.2) is 49.0 Å². The van der Waals surface area contributed by atoms with E-state index in [1.165, 1.54) is 0 Å². The van der Waals surface area contributed by atoms with Crippen LogP contribution >= 0.6 is 0 Å². The third kappa shape index (κ3) is 3.92. The maximum atomic E-state index is 12.2. The van der Waals surface area contributed by atoms with Gasteiger partial charge in [0.05, 0.1) is 0 Å². The number of anilines is 1. The topological polar surface area (TPSA) is 48.5 Å². The van der Waals surface area contributed by atoms with Crippen molar-refractivity contribution in [2.45, 2.75) is 13.5 Å². The van der Waals surface area contributed by atoms with Gasteiger partial charge in [-0.3, -0.25) is 4.79 Å². The van der Waals surface area contributed by atoms with Gasteiger partial charge in [-0.25, -0.2) is 4.98 Å². The van der Waals surface area contributed by atoms with Gasteiger partial charge in [-0.15, -0.1) is 0 Å². The third-order valence-electron chi connectivity index (χ3n) is 4.48. The fourth-order valence-corrected chi connectivity index (χ4v) is 2.85. The van der Waals surface area contributed by atoms with E-state index in [0.29, 0.717) is 6.54 Å². The van der Waals surface area contributed by atoms with Crippen molar-refractivity contribution in [3.8, 4) is 0 Å². The van der Waals surface area contributed by atoms with E-state index in [4.69, 9.17) is 0 Å². The molecule has 1 amide bonds. The van der Waals surface area contributed by atoms with Gasteiger partial charge < -0.3 is 15.1 Å². The Morgan fingerprint density at radius 3 is 2.54 bits per heavy atom. The van der Waals surface area contributed by atoms with Crippen LogP contribution in [-0.2, 0) is 6.54 Å². The standard InChI is InChI=1S/C19H24N4O/c1-15-5-3-4-6-17(15)19(24)21-14-16-7-8-18(20-13-16)23-11-9-22(2)10-12-23/h3-8,13H,9-12,14H2,1-2H3,(H,21,24). The van der Waals surface area contributed by atoms with Crippen molar-refractivity contribution >= 4 is 11.7 Å². The first-order valence-electron chi connectivity index (χ1n) is 8.36. The first-order valence-corrected chi connectivity index (χ1v) is 8.36. The molecule has 2 aromatic rings. The normalized spacial score (nSPS) is 15.3. The summed E-state index contributed by atoms with van der Waals surface area (Å²) >= 11 is 0. The number of pyridine rings is 1. The molecular formula is C19H24N4O. The van der Waals surface area contributed by atoms with Gasteiger partial charge in [-0.1, -0.05) is 24.3 Å². The van der Waals surface area contributed by atoms with Crippen molar-refractivity contribution < 1.29 is 4.79 Å². The van der Waals surface area contributed by atoms with Crippen LogP contribution < -0.4 is 10.2 Å². The molecule has 0 radical (unpaired) electrons. The Labute approximate surface area is 143 Å². The molecule has 1 aliphatic rings. The third-order valence-corrected chi connectivity index (χ3v) is 4.48. The second kappa shape index (κ2) is 7.45. The zero-order chi connectivity index (χ0) is 16.9. The van der Waals surface area contributed by atoms with Crippen LogP contribution in [0.5, 0.6) is 0 Å². The number of carbonyl (C=O) groups is 1. The first kappa shape index (κ1) is 16.5. The highest BCUT2D eigenvalue weighted by Crippen LogP contribution is 2.14. The lowest BCUT2D eigenvalue weighted by Gasteiger charge is -2.33. The number of carbonyl (C=O) groups excluding carboxylic acids is 1. The number of nitrogens with zero attached hydrogens (tertiary/aromatic N) is 3. The smallest absolute Gasteiger partial charge is 0.251 e. The van der Waals surface area contributed by atoms with E-state index in [1.54, 1.807) is 0 Å². The van der Waals surface area contributed by atoms with Gasteiger partial charge in [0, 0.05) is 44.5 Å². The Morgan fingerprint density at radius 1 is 1.12 bits per heavy atom. The van der Waals surface area contributed by atoms with Gasteiger partial charge in [0.1, 0.15) is 5.82 Å². The summed E-state index contributed by atoms with van der Waals surface area (Å²) < 4.78 is 0. The minimum Gasteiger partial charge on any atom is -0.354 e. The van der Waals surface area contributed by atoms with Crippen molar-refractivity contribution in [1.29, 1.82) is 0 Å². The molecule has 24 heavy (non-hydrogen) atoms. The van der Waals surface area contributed by atoms with E-state index >= 15 is 0 Å².